The number of carbonyl (C=O) groups excluding carboxylic acids is 1. The molecule has 0 aliphatic carbocycles. The van der Waals surface area contributed by atoms with E-state index in [9.17, 15) is 4.79 Å². The molecule has 0 unspecified atom stereocenters. The van der Waals surface area contributed by atoms with E-state index in [1.807, 2.05) is 30.3 Å². The molecule has 2 heterocycles. The Morgan fingerprint density at radius 1 is 1.08 bits per heavy atom. The van der Waals surface area contributed by atoms with Crippen LogP contribution in [0.2, 0.25) is 0 Å². The van der Waals surface area contributed by atoms with E-state index in [1.165, 1.54) is 5.56 Å². The van der Waals surface area contributed by atoms with Gasteiger partial charge in [-0.05, 0) is 41.3 Å². The Labute approximate surface area is 153 Å². The molecule has 3 aromatic rings. The standard InChI is InChI=1S/C21H23N3O2/c1-21(2,3)17-8-4-5-9-18(17)24-15-10-11-19(22-13-15)20(25)23-14-16-7-6-12-26-16/h4-13,24H,14H2,1-3H3,(H,23,25). The Bertz CT molecular complexity index is 863. The van der Waals surface area contributed by atoms with E-state index >= 15 is 0 Å². The molecular formula is C21H23N3O2. The van der Waals surface area contributed by atoms with Crippen LogP contribution >= 0.6 is 0 Å². The first-order chi connectivity index (χ1) is 12.4. The van der Waals surface area contributed by atoms with Gasteiger partial charge in [0.15, 0.2) is 0 Å². The number of hydrogen-bond donors (Lipinski definition) is 2. The summed E-state index contributed by atoms with van der Waals surface area (Å²) in [5, 5.41) is 6.17. The summed E-state index contributed by atoms with van der Waals surface area (Å²) in [4.78, 5) is 16.4. The van der Waals surface area contributed by atoms with Crippen molar-refractivity contribution >= 4 is 17.3 Å². The van der Waals surface area contributed by atoms with Gasteiger partial charge in [0.2, 0.25) is 0 Å². The minimum absolute atomic E-state index is 0.0305. The lowest BCUT2D eigenvalue weighted by molar-refractivity contribution is 0.0943. The van der Waals surface area contributed by atoms with E-state index in [4.69, 9.17) is 4.42 Å². The van der Waals surface area contributed by atoms with Crippen molar-refractivity contribution in [3.05, 3.63) is 78.0 Å². The molecule has 0 radical (unpaired) electrons. The lowest BCUT2D eigenvalue weighted by atomic mass is 9.86. The molecule has 2 aromatic heterocycles. The van der Waals surface area contributed by atoms with Gasteiger partial charge >= 0.3 is 0 Å². The van der Waals surface area contributed by atoms with Crippen LogP contribution in [0, 0.1) is 0 Å². The molecule has 0 saturated carbocycles. The molecule has 0 fully saturated rings. The summed E-state index contributed by atoms with van der Waals surface area (Å²) in [6.07, 6.45) is 3.25. The topological polar surface area (TPSA) is 67.2 Å². The highest BCUT2D eigenvalue weighted by Gasteiger charge is 2.17. The monoisotopic (exact) mass is 349 g/mol. The van der Waals surface area contributed by atoms with Gasteiger partial charge in [0.05, 0.1) is 24.7 Å². The van der Waals surface area contributed by atoms with Crippen molar-refractivity contribution in [2.45, 2.75) is 32.7 Å². The maximum atomic E-state index is 12.2. The van der Waals surface area contributed by atoms with Crippen LogP contribution in [0.4, 0.5) is 11.4 Å². The fourth-order valence-electron chi connectivity index (χ4n) is 2.67. The Kier molecular flexibility index (Phi) is 5.07. The van der Waals surface area contributed by atoms with E-state index in [-0.39, 0.29) is 11.3 Å². The molecule has 0 aliphatic rings. The normalized spacial score (nSPS) is 11.2. The Hall–Kier alpha value is -3.08. The number of anilines is 2. The van der Waals surface area contributed by atoms with Gasteiger partial charge in [-0.1, -0.05) is 39.0 Å². The third kappa shape index (κ3) is 4.30. The summed E-state index contributed by atoms with van der Waals surface area (Å²) in [7, 11) is 0. The largest absolute Gasteiger partial charge is 0.467 e. The number of furan rings is 1. The highest BCUT2D eigenvalue weighted by Crippen LogP contribution is 2.31. The number of pyridine rings is 1. The first-order valence-corrected chi connectivity index (χ1v) is 8.56. The fourth-order valence-corrected chi connectivity index (χ4v) is 2.67. The first kappa shape index (κ1) is 17.7. The minimum Gasteiger partial charge on any atom is -0.467 e. The molecular weight excluding hydrogens is 326 g/mol. The lowest BCUT2D eigenvalue weighted by Gasteiger charge is -2.23. The van der Waals surface area contributed by atoms with Crippen molar-refractivity contribution in [2.75, 3.05) is 5.32 Å². The number of amides is 1. The van der Waals surface area contributed by atoms with E-state index in [2.05, 4.69) is 42.5 Å². The number of benzene rings is 1. The number of nitrogens with one attached hydrogen (secondary N) is 2. The minimum atomic E-state index is -0.233. The van der Waals surface area contributed by atoms with Crippen LogP contribution in [0.1, 0.15) is 42.6 Å². The second-order valence-electron chi connectivity index (χ2n) is 7.11. The van der Waals surface area contributed by atoms with Gasteiger partial charge in [-0.2, -0.15) is 0 Å². The van der Waals surface area contributed by atoms with Crippen LogP contribution in [0.3, 0.4) is 0 Å². The predicted octanol–water partition coefficient (Wildman–Crippen LogP) is 4.65. The predicted molar refractivity (Wildman–Crippen MR) is 103 cm³/mol. The van der Waals surface area contributed by atoms with Gasteiger partial charge < -0.3 is 15.1 Å². The average Bonchev–Trinajstić information content (AvgIpc) is 3.13. The van der Waals surface area contributed by atoms with Crippen LogP contribution < -0.4 is 10.6 Å². The van der Waals surface area contributed by atoms with Crippen LogP contribution in [0.15, 0.2) is 65.4 Å². The zero-order chi connectivity index (χ0) is 18.6. The summed E-state index contributed by atoms with van der Waals surface area (Å²) in [5.74, 6) is 0.471. The van der Waals surface area contributed by atoms with Crippen LogP contribution in [-0.2, 0) is 12.0 Å². The first-order valence-electron chi connectivity index (χ1n) is 8.56. The lowest BCUT2D eigenvalue weighted by Crippen LogP contribution is -2.23. The van der Waals surface area contributed by atoms with Gasteiger partial charge in [-0.25, -0.2) is 4.98 Å². The van der Waals surface area contributed by atoms with Gasteiger partial charge in [-0.3, -0.25) is 4.79 Å². The van der Waals surface area contributed by atoms with Gasteiger partial charge in [0.1, 0.15) is 11.5 Å². The number of carbonyl (C=O) groups is 1. The van der Waals surface area contributed by atoms with Crippen molar-refractivity contribution in [3.8, 4) is 0 Å². The maximum Gasteiger partial charge on any atom is 0.270 e. The number of hydrogen-bond acceptors (Lipinski definition) is 4. The molecule has 0 aliphatic heterocycles. The average molecular weight is 349 g/mol. The number of nitrogens with zero attached hydrogens (tertiary/aromatic N) is 1. The molecule has 5 nitrogen and oxygen atoms in total. The van der Waals surface area contributed by atoms with E-state index in [0.29, 0.717) is 18.0 Å². The van der Waals surface area contributed by atoms with Crippen molar-refractivity contribution < 1.29 is 9.21 Å². The molecule has 0 bridgehead atoms. The fraction of sp³-hybridized carbons (Fsp3) is 0.238. The molecule has 26 heavy (non-hydrogen) atoms. The molecule has 0 saturated heterocycles. The van der Waals surface area contributed by atoms with E-state index < -0.39 is 0 Å². The number of rotatable bonds is 5. The Balaban J connectivity index is 1.68. The maximum absolute atomic E-state index is 12.2. The van der Waals surface area contributed by atoms with Crippen molar-refractivity contribution in [1.29, 1.82) is 0 Å². The van der Waals surface area contributed by atoms with E-state index in [0.717, 1.165) is 11.4 Å². The van der Waals surface area contributed by atoms with Gasteiger partial charge in [0.25, 0.3) is 5.91 Å². The number of para-hydroxylation sites is 1. The summed E-state index contributed by atoms with van der Waals surface area (Å²) in [6.45, 7) is 6.88. The SMILES string of the molecule is CC(C)(C)c1ccccc1Nc1ccc(C(=O)NCc2ccco2)nc1. The quantitative estimate of drug-likeness (QED) is 0.704. The summed E-state index contributed by atoms with van der Waals surface area (Å²) in [6, 6.07) is 15.4. The highest BCUT2D eigenvalue weighted by atomic mass is 16.3. The zero-order valence-electron chi connectivity index (χ0n) is 15.2. The Morgan fingerprint density at radius 3 is 2.54 bits per heavy atom. The smallest absolute Gasteiger partial charge is 0.270 e. The third-order valence-corrected chi connectivity index (χ3v) is 4.01. The van der Waals surface area contributed by atoms with Gasteiger partial charge in [-0.15, -0.1) is 0 Å². The van der Waals surface area contributed by atoms with Crippen LogP contribution in [0.5, 0.6) is 0 Å². The molecule has 0 atom stereocenters. The molecule has 1 aromatic carbocycles. The van der Waals surface area contributed by atoms with Crippen molar-refractivity contribution in [1.82, 2.24) is 10.3 Å². The van der Waals surface area contributed by atoms with Crippen molar-refractivity contribution in [3.63, 3.8) is 0 Å². The third-order valence-electron chi connectivity index (χ3n) is 4.01. The summed E-state index contributed by atoms with van der Waals surface area (Å²) >= 11 is 0. The molecule has 3 rings (SSSR count). The second kappa shape index (κ2) is 7.44. The summed E-state index contributed by atoms with van der Waals surface area (Å²) < 4.78 is 5.20. The molecule has 134 valence electrons. The molecule has 2 N–H and O–H groups in total. The van der Waals surface area contributed by atoms with Gasteiger partial charge in [0, 0.05) is 5.69 Å². The van der Waals surface area contributed by atoms with Crippen LogP contribution in [0.25, 0.3) is 0 Å². The molecule has 1 amide bonds. The molecule has 0 spiro atoms. The van der Waals surface area contributed by atoms with Crippen LogP contribution in [-0.4, -0.2) is 10.9 Å². The van der Waals surface area contributed by atoms with E-state index in [1.54, 1.807) is 24.6 Å². The Morgan fingerprint density at radius 2 is 1.88 bits per heavy atom. The number of aromatic nitrogens is 1. The zero-order valence-corrected chi connectivity index (χ0v) is 15.2. The summed E-state index contributed by atoms with van der Waals surface area (Å²) in [5.41, 5.74) is 3.50. The molecule has 5 heteroatoms. The highest BCUT2D eigenvalue weighted by molar-refractivity contribution is 5.92. The second-order valence-corrected chi connectivity index (χ2v) is 7.11. The van der Waals surface area contributed by atoms with Crippen molar-refractivity contribution in [2.24, 2.45) is 0 Å².